The number of carbonyl (C=O) groups is 1. The molecule has 2 aromatic rings. The van der Waals surface area contributed by atoms with Gasteiger partial charge in [-0.2, -0.15) is 5.10 Å². The zero-order valence-corrected chi connectivity index (χ0v) is 16.4. The number of aryl methyl sites for hydroxylation is 1. The van der Waals surface area contributed by atoms with Crippen LogP contribution in [0.4, 0.5) is 0 Å². The number of rotatable bonds is 4. The van der Waals surface area contributed by atoms with E-state index in [2.05, 4.69) is 33.4 Å². The molecule has 1 aliphatic rings. The number of halogens is 1. The van der Waals surface area contributed by atoms with Gasteiger partial charge in [0.1, 0.15) is 0 Å². The number of hydrogen-bond acceptors (Lipinski definition) is 5. The number of aromatic hydroxyl groups is 1. The minimum atomic E-state index is -0.201. The van der Waals surface area contributed by atoms with Crippen molar-refractivity contribution in [2.24, 2.45) is 11.0 Å². The van der Waals surface area contributed by atoms with Crippen LogP contribution in [0, 0.1) is 5.92 Å². The maximum atomic E-state index is 12.3. The van der Waals surface area contributed by atoms with Crippen LogP contribution < -0.4 is 10.2 Å². The lowest BCUT2D eigenvalue weighted by Crippen LogP contribution is -2.16. The molecule has 3 rings (SSSR count). The topological polar surface area (TPSA) is 70.9 Å². The van der Waals surface area contributed by atoms with Gasteiger partial charge in [-0.25, -0.2) is 5.43 Å². The Kier molecular flexibility index (Phi) is 5.44. The Labute approximate surface area is 158 Å². The van der Waals surface area contributed by atoms with E-state index in [-0.39, 0.29) is 11.7 Å². The first kappa shape index (κ1) is 17.9. The van der Waals surface area contributed by atoms with Crippen LogP contribution in [-0.2, 0) is 12.8 Å². The summed E-state index contributed by atoms with van der Waals surface area (Å²) in [6.07, 6.45) is 4.80. The summed E-state index contributed by atoms with van der Waals surface area (Å²) in [7, 11) is 1.48. The minimum Gasteiger partial charge on any atom is -0.503 e. The van der Waals surface area contributed by atoms with Gasteiger partial charge in [-0.3, -0.25) is 4.79 Å². The molecule has 1 atom stereocenters. The summed E-state index contributed by atoms with van der Waals surface area (Å²) >= 11 is 4.81. The fourth-order valence-electron chi connectivity index (χ4n) is 2.86. The van der Waals surface area contributed by atoms with Gasteiger partial charge in [0, 0.05) is 4.88 Å². The average molecular weight is 423 g/mol. The van der Waals surface area contributed by atoms with Gasteiger partial charge >= 0.3 is 0 Å². The van der Waals surface area contributed by atoms with Crippen molar-refractivity contribution in [1.29, 1.82) is 0 Å². The Morgan fingerprint density at radius 3 is 3.04 bits per heavy atom. The summed E-state index contributed by atoms with van der Waals surface area (Å²) < 4.78 is 5.59. The molecular weight excluding hydrogens is 404 g/mol. The van der Waals surface area contributed by atoms with Gasteiger partial charge in [0.2, 0.25) is 0 Å². The van der Waals surface area contributed by atoms with Crippen LogP contribution >= 0.6 is 27.3 Å². The highest BCUT2D eigenvalue weighted by Gasteiger charge is 2.20. The Hall–Kier alpha value is -1.86. The van der Waals surface area contributed by atoms with Crippen LogP contribution in [0.1, 0.15) is 39.0 Å². The molecule has 132 valence electrons. The zero-order valence-electron chi connectivity index (χ0n) is 14.0. The van der Waals surface area contributed by atoms with Crippen molar-refractivity contribution in [3.05, 3.63) is 43.6 Å². The smallest absolute Gasteiger partial charge is 0.281 e. The van der Waals surface area contributed by atoms with Crippen LogP contribution in [0.15, 0.2) is 27.8 Å². The number of carbonyl (C=O) groups excluding carboxylic acids is 1. The molecule has 0 saturated heterocycles. The Morgan fingerprint density at radius 1 is 1.48 bits per heavy atom. The zero-order chi connectivity index (χ0) is 18.0. The predicted molar refractivity (Wildman–Crippen MR) is 103 cm³/mol. The second kappa shape index (κ2) is 7.58. The van der Waals surface area contributed by atoms with E-state index >= 15 is 0 Å². The van der Waals surface area contributed by atoms with Crippen molar-refractivity contribution in [3.63, 3.8) is 0 Å². The number of ether oxygens (including phenoxy) is 1. The molecule has 1 aliphatic carbocycles. The van der Waals surface area contributed by atoms with Crippen molar-refractivity contribution in [3.8, 4) is 11.5 Å². The number of benzene rings is 1. The molecule has 7 heteroatoms. The molecule has 2 N–H and O–H groups in total. The van der Waals surface area contributed by atoms with E-state index in [0.29, 0.717) is 26.6 Å². The highest BCUT2D eigenvalue weighted by Crippen LogP contribution is 2.35. The molecule has 0 bridgehead atoms. The number of phenols is 1. The third-order valence-corrected chi connectivity index (χ3v) is 6.04. The molecule has 1 aromatic heterocycles. The van der Waals surface area contributed by atoms with Gasteiger partial charge in [-0.15, -0.1) is 11.3 Å². The number of thiophene rings is 1. The first-order valence-electron chi connectivity index (χ1n) is 7.99. The summed E-state index contributed by atoms with van der Waals surface area (Å²) in [4.78, 5) is 14.3. The molecule has 0 radical (unpaired) electrons. The molecule has 1 amide bonds. The van der Waals surface area contributed by atoms with E-state index in [1.807, 2.05) is 6.07 Å². The molecule has 0 saturated carbocycles. The Morgan fingerprint density at radius 2 is 2.28 bits per heavy atom. The lowest BCUT2D eigenvalue weighted by Gasteiger charge is -2.16. The van der Waals surface area contributed by atoms with E-state index in [1.165, 1.54) is 30.2 Å². The molecular formula is C18H19BrN2O3S. The number of hydrogen-bond donors (Lipinski definition) is 2. The predicted octanol–water partition coefficient (Wildman–Crippen LogP) is 4.11. The minimum absolute atomic E-state index is 0.0297. The number of nitrogens with one attached hydrogen (secondary N) is 1. The maximum Gasteiger partial charge on any atom is 0.281 e. The summed E-state index contributed by atoms with van der Waals surface area (Å²) in [5, 5.41) is 13.8. The maximum absolute atomic E-state index is 12.3. The Balaban J connectivity index is 1.68. The number of hydrazone groups is 1. The molecule has 0 aliphatic heterocycles. The van der Waals surface area contributed by atoms with E-state index in [0.717, 1.165) is 12.8 Å². The summed E-state index contributed by atoms with van der Waals surface area (Å²) in [5.74, 6) is 0.844. The monoisotopic (exact) mass is 422 g/mol. The highest BCUT2D eigenvalue weighted by atomic mass is 79.9. The summed E-state index contributed by atoms with van der Waals surface area (Å²) in [6, 6.07) is 5.32. The standard InChI is InChI=1S/C18H19BrN2O3S/c1-10-3-4-15-12(5-10)8-16(25-15)18(23)21-20-9-11-6-13(19)17(22)14(7-11)24-2/h6-10,22H,3-5H2,1-2H3,(H,21,23). The van der Waals surface area contributed by atoms with Crippen molar-refractivity contribution < 1.29 is 14.6 Å². The molecule has 0 spiro atoms. The van der Waals surface area contributed by atoms with Gasteiger partial charge in [0.05, 0.1) is 22.7 Å². The molecule has 1 unspecified atom stereocenters. The lowest BCUT2D eigenvalue weighted by molar-refractivity contribution is 0.0959. The quantitative estimate of drug-likeness (QED) is 0.574. The van der Waals surface area contributed by atoms with E-state index < -0.39 is 0 Å². The SMILES string of the molecule is COc1cc(C=NNC(=O)c2cc3c(s2)CCC(C)C3)cc(Br)c1O. The number of amides is 1. The third-order valence-electron chi connectivity index (χ3n) is 4.20. The van der Waals surface area contributed by atoms with Crippen molar-refractivity contribution in [1.82, 2.24) is 5.43 Å². The number of fused-ring (bicyclic) bond motifs is 1. The Bertz CT molecular complexity index is 832. The van der Waals surface area contributed by atoms with Crippen LogP contribution in [0.5, 0.6) is 11.5 Å². The first-order valence-corrected chi connectivity index (χ1v) is 9.60. The third kappa shape index (κ3) is 4.04. The van der Waals surface area contributed by atoms with Crippen molar-refractivity contribution in [2.45, 2.75) is 26.2 Å². The van der Waals surface area contributed by atoms with Crippen molar-refractivity contribution >= 4 is 39.4 Å². The molecule has 1 aromatic carbocycles. The van der Waals surface area contributed by atoms with Gasteiger partial charge in [0.25, 0.3) is 5.91 Å². The second-order valence-corrected chi connectivity index (χ2v) is 8.15. The van der Waals surface area contributed by atoms with Crippen LogP contribution in [0.3, 0.4) is 0 Å². The van der Waals surface area contributed by atoms with Gasteiger partial charge in [-0.1, -0.05) is 6.92 Å². The van der Waals surface area contributed by atoms with Crippen molar-refractivity contribution in [2.75, 3.05) is 7.11 Å². The van der Waals surface area contributed by atoms with Gasteiger partial charge in [-0.05, 0) is 70.4 Å². The first-order chi connectivity index (χ1) is 12.0. The average Bonchev–Trinajstić information content (AvgIpc) is 3.01. The number of phenolic OH excluding ortho intramolecular Hbond substituents is 1. The van der Waals surface area contributed by atoms with E-state index in [4.69, 9.17) is 4.74 Å². The lowest BCUT2D eigenvalue weighted by atomic mass is 9.90. The molecule has 0 fully saturated rings. The second-order valence-electron chi connectivity index (χ2n) is 6.16. The summed E-state index contributed by atoms with van der Waals surface area (Å²) in [5.41, 5.74) is 4.55. The molecule has 5 nitrogen and oxygen atoms in total. The fraction of sp³-hybridized carbons (Fsp3) is 0.333. The molecule has 1 heterocycles. The van der Waals surface area contributed by atoms with Crippen LogP contribution in [-0.4, -0.2) is 24.3 Å². The largest absolute Gasteiger partial charge is 0.503 e. The fourth-order valence-corrected chi connectivity index (χ4v) is 4.42. The normalized spacial score (nSPS) is 16.7. The number of nitrogens with zero attached hydrogens (tertiary/aromatic N) is 1. The summed E-state index contributed by atoms with van der Waals surface area (Å²) in [6.45, 7) is 2.24. The van der Waals surface area contributed by atoms with Gasteiger partial charge < -0.3 is 9.84 Å². The highest BCUT2D eigenvalue weighted by molar-refractivity contribution is 9.10. The van der Waals surface area contributed by atoms with Crippen LogP contribution in [0.2, 0.25) is 0 Å². The van der Waals surface area contributed by atoms with E-state index in [1.54, 1.807) is 23.5 Å². The van der Waals surface area contributed by atoms with E-state index in [9.17, 15) is 9.90 Å². The van der Waals surface area contributed by atoms with Crippen LogP contribution in [0.25, 0.3) is 0 Å². The van der Waals surface area contributed by atoms with Gasteiger partial charge in [0.15, 0.2) is 11.5 Å². The molecule has 25 heavy (non-hydrogen) atoms. The number of methoxy groups -OCH3 is 1.